The van der Waals surface area contributed by atoms with E-state index in [1.54, 1.807) is 4.90 Å². The minimum atomic E-state index is -1.04. The highest BCUT2D eigenvalue weighted by atomic mass is 16.5. The molecule has 0 aromatic rings. The first-order chi connectivity index (χ1) is 9.88. The number of hydrogen-bond donors (Lipinski definition) is 2. The molecule has 0 saturated carbocycles. The van der Waals surface area contributed by atoms with Crippen LogP contribution in [0.4, 0.5) is 9.59 Å². The number of carboxylic acid groups (broad SMARTS) is 1. The number of ether oxygens (including phenoxy) is 1. The number of hydrogen-bond acceptors (Lipinski definition) is 4. The first kappa shape index (κ1) is 17.1. The highest BCUT2D eigenvalue weighted by molar-refractivity contribution is 5.80. The first-order valence-corrected chi connectivity index (χ1v) is 7.00. The fourth-order valence-electron chi connectivity index (χ4n) is 2.24. The van der Waals surface area contributed by atoms with Crippen LogP contribution < -0.4 is 5.32 Å². The molecule has 120 valence electrons. The Kier molecular flexibility index (Phi) is 6.26. The summed E-state index contributed by atoms with van der Waals surface area (Å²) in [6, 6.07) is -0.618. The molecule has 0 aliphatic carbocycles. The second-order valence-corrected chi connectivity index (χ2v) is 5.13. The molecule has 2 atom stereocenters. The van der Waals surface area contributed by atoms with E-state index in [1.165, 1.54) is 12.0 Å². The molecule has 2 N–H and O–H groups in total. The number of likely N-dealkylation sites (tertiary alicyclic amines) is 1. The number of urea groups is 1. The topological polar surface area (TPSA) is 99.2 Å². The van der Waals surface area contributed by atoms with Gasteiger partial charge < -0.3 is 25.0 Å². The van der Waals surface area contributed by atoms with Crippen LogP contribution in [0.2, 0.25) is 0 Å². The summed E-state index contributed by atoms with van der Waals surface area (Å²) in [6.07, 6.45) is 0.775. The molecule has 0 aromatic heterocycles. The van der Waals surface area contributed by atoms with Crippen LogP contribution in [0.15, 0.2) is 0 Å². The van der Waals surface area contributed by atoms with Crippen molar-refractivity contribution in [2.24, 2.45) is 0 Å². The summed E-state index contributed by atoms with van der Waals surface area (Å²) >= 11 is 0. The minimum absolute atomic E-state index is 0.152. The molecule has 8 nitrogen and oxygen atoms in total. The number of amides is 3. The Morgan fingerprint density at radius 3 is 2.67 bits per heavy atom. The van der Waals surface area contributed by atoms with Crippen LogP contribution in [0.5, 0.6) is 0 Å². The molecular weight excluding hydrogens is 278 g/mol. The molecule has 1 heterocycles. The molecule has 0 radical (unpaired) electrons. The number of carbonyl (C=O) groups excluding carboxylic acids is 2. The van der Waals surface area contributed by atoms with Crippen LogP contribution in [0.25, 0.3) is 0 Å². The molecule has 0 bridgehead atoms. The van der Waals surface area contributed by atoms with Crippen LogP contribution >= 0.6 is 0 Å². The van der Waals surface area contributed by atoms with Gasteiger partial charge >= 0.3 is 18.1 Å². The second kappa shape index (κ2) is 7.70. The van der Waals surface area contributed by atoms with Gasteiger partial charge in [0, 0.05) is 19.1 Å². The maximum atomic E-state index is 12.4. The molecular formula is C13H23N3O5. The van der Waals surface area contributed by atoms with Crippen molar-refractivity contribution >= 4 is 18.1 Å². The standard InChI is InChI=1S/C13H23N3O5/c1-4-9(2)16(8-11(17)18)13(20)15-6-5-10(7-15)14-12(19)21-3/h9-10H,4-8H2,1-3H3,(H,14,19)(H,17,18). The van der Waals surface area contributed by atoms with Gasteiger partial charge in [-0.2, -0.15) is 0 Å². The van der Waals surface area contributed by atoms with Crippen molar-refractivity contribution in [2.45, 2.75) is 38.8 Å². The van der Waals surface area contributed by atoms with E-state index in [2.05, 4.69) is 10.1 Å². The SMILES string of the molecule is CCC(C)N(CC(=O)O)C(=O)N1CCC(NC(=O)OC)C1. The van der Waals surface area contributed by atoms with Gasteiger partial charge in [0.05, 0.1) is 13.2 Å². The number of carboxylic acids is 1. The fourth-order valence-corrected chi connectivity index (χ4v) is 2.24. The minimum Gasteiger partial charge on any atom is -0.480 e. The lowest BCUT2D eigenvalue weighted by Crippen LogP contribution is -2.49. The number of alkyl carbamates (subject to hydrolysis) is 1. The number of methoxy groups -OCH3 is 1. The average molecular weight is 301 g/mol. The molecule has 1 aliphatic heterocycles. The summed E-state index contributed by atoms with van der Waals surface area (Å²) in [6.45, 7) is 4.25. The quantitative estimate of drug-likeness (QED) is 0.779. The van der Waals surface area contributed by atoms with Crippen molar-refractivity contribution in [3.05, 3.63) is 0 Å². The largest absolute Gasteiger partial charge is 0.480 e. The van der Waals surface area contributed by atoms with E-state index >= 15 is 0 Å². The van der Waals surface area contributed by atoms with E-state index in [0.717, 1.165) is 0 Å². The van der Waals surface area contributed by atoms with Crippen LogP contribution in [-0.2, 0) is 9.53 Å². The summed E-state index contributed by atoms with van der Waals surface area (Å²) < 4.78 is 4.52. The smallest absolute Gasteiger partial charge is 0.407 e. The first-order valence-electron chi connectivity index (χ1n) is 7.00. The summed E-state index contributed by atoms with van der Waals surface area (Å²) in [4.78, 5) is 37.4. The van der Waals surface area contributed by atoms with Crippen LogP contribution in [-0.4, -0.2) is 71.8 Å². The zero-order chi connectivity index (χ0) is 16.0. The molecule has 21 heavy (non-hydrogen) atoms. The van der Waals surface area contributed by atoms with Gasteiger partial charge in [0.2, 0.25) is 0 Å². The molecule has 0 aromatic carbocycles. The number of rotatable bonds is 5. The van der Waals surface area contributed by atoms with Gasteiger partial charge in [0.25, 0.3) is 0 Å². The zero-order valence-corrected chi connectivity index (χ0v) is 12.7. The van der Waals surface area contributed by atoms with Gasteiger partial charge in [0.15, 0.2) is 0 Å². The third-order valence-electron chi connectivity index (χ3n) is 3.64. The van der Waals surface area contributed by atoms with E-state index in [0.29, 0.717) is 25.9 Å². The van der Waals surface area contributed by atoms with Gasteiger partial charge in [-0.15, -0.1) is 0 Å². The van der Waals surface area contributed by atoms with Gasteiger partial charge in [-0.3, -0.25) is 4.79 Å². The third-order valence-corrected chi connectivity index (χ3v) is 3.64. The lowest BCUT2D eigenvalue weighted by Gasteiger charge is -2.31. The summed E-state index contributed by atoms with van der Waals surface area (Å²) in [5.74, 6) is -1.04. The van der Waals surface area contributed by atoms with E-state index < -0.39 is 12.1 Å². The van der Waals surface area contributed by atoms with Crippen molar-refractivity contribution in [3.63, 3.8) is 0 Å². The third kappa shape index (κ3) is 4.80. The van der Waals surface area contributed by atoms with Gasteiger partial charge in [-0.25, -0.2) is 9.59 Å². The summed E-state index contributed by atoms with van der Waals surface area (Å²) in [5, 5.41) is 11.6. The van der Waals surface area contributed by atoms with Crippen LogP contribution in [0.3, 0.4) is 0 Å². The maximum absolute atomic E-state index is 12.4. The van der Waals surface area contributed by atoms with E-state index in [4.69, 9.17) is 5.11 Å². The predicted molar refractivity (Wildman–Crippen MR) is 75.0 cm³/mol. The van der Waals surface area contributed by atoms with Crippen molar-refractivity contribution in [1.82, 2.24) is 15.1 Å². The second-order valence-electron chi connectivity index (χ2n) is 5.13. The molecule has 2 unspecified atom stereocenters. The van der Waals surface area contributed by atoms with Crippen molar-refractivity contribution in [3.8, 4) is 0 Å². The number of nitrogens with zero attached hydrogens (tertiary/aromatic N) is 2. The Morgan fingerprint density at radius 1 is 1.48 bits per heavy atom. The van der Waals surface area contributed by atoms with Crippen LogP contribution in [0.1, 0.15) is 26.7 Å². The van der Waals surface area contributed by atoms with Crippen molar-refractivity contribution in [2.75, 3.05) is 26.7 Å². The van der Waals surface area contributed by atoms with E-state index in [-0.39, 0.29) is 24.7 Å². The number of aliphatic carboxylic acids is 1. The fraction of sp³-hybridized carbons (Fsp3) is 0.769. The maximum Gasteiger partial charge on any atom is 0.407 e. The van der Waals surface area contributed by atoms with Crippen molar-refractivity contribution < 1.29 is 24.2 Å². The number of nitrogens with one attached hydrogen (secondary N) is 1. The van der Waals surface area contributed by atoms with E-state index in [1.807, 2.05) is 13.8 Å². The zero-order valence-electron chi connectivity index (χ0n) is 12.7. The van der Waals surface area contributed by atoms with E-state index in [9.17, 15) is 14.4 Å². The Labute approximate surface area is 124 Å². The molecule has 1 fully saturated rings. The summed E-state index contributed by atoms with van der Waals surface area (Å²) in [7, 11) is 1.28. The lowest BCUT2D eigenvalue weighted by atomic mass is 10.2. The Bertz CT molecular complexity index is 401. The number of carbonyl (C=O) groups is 3. The Hall–Kier alpha value is -1.99. The lowest BCUT2D eigenvalue weighted by molar-refractivity contribution is -0.138. The van der Waals surface area contributed by atoms with Crippen LogP contribution in [0, 0.1) is 0 Å². The molecule has 1 aliphatic rings. The molecule has 0 spiro atoms. The van der Waals surface area contributed by atoms with Gasteiger partial charge in [0.1, 0.15) is 6.54 Å². The Morgan fingerprint density at radius 2 is 2.14 bits per heavy atom. The van der Waals surface area contributed by atoms with Crippen molar-refractivity contribution in [1.29, 1.82) is 0 Å². The Balaban J connectivity index is 2.64. The molecule has 8 heteroatoms. The molecule has 3 amide bonds. The predicted octanol–water partition coefficient (Wildman–Crippen LogP) is 0.722. The molecule has 1 saturated heterocycles. The monoisotopic (exact) mass is 301 g/mol. The van der Waals surface area contributed by atoms with Gasteiger partial charge in [-0.1, -0.05) is 6.92 Å². The highest BCUT2D eigenvalue weighted by Crippen LogP contribution is 2.15. The van der Waals surface area contributed by atoms with Gasteiger partial charge in [-0.05, 0) is 19.8 Å². The molecule has 1 rings (SSSR count). The highest BCUT2D eigenvalue weighted by Gasteiger charge is 2.32. The normalized spacial score (nSPS) is 19.0. The summed E-state index contributed by atoms with van der Waals surface area (Å²) in [5.41, 5.74) is 0. The average Bonchev–Trinajstić information content (AvgIpc) is 2.91.